The normalized spacial score (nSPS) is 10.7. The minimum Gasteiger partial charge on any atom is -0.461 e. The molecular weight excluding hydrogens is 230 g/mol. The van der Waals surface area contributed by atoms with Gasteiger partial charge in [0, 0.05) is 0 Å². The lowest BCUT2D eigenvalue weighted by Crippen LogP contribution is -2.07. The van der Waals surface area contributed by atoms with Crippen molar-refractivity contribution in [3.8, 4) is 0 Å². The van der Waals surface area contributed by atoms with E-state index in [1.807, 2.05) is 0 Å². The SMILES string of the molecule is CCOC(=O)c1nc2ccc(Cl)nn2c1C. The quantitative estimate of drug-likeness (QED) is 0.751. The Labute approximate surface area is 97.0 Å². The first-order chi connectivity index (χ1) is 7.63. The highest BCUT2D eigenvalue weighted by atomic mass is 35.5. The summed E-state index contributed by atoms with van der Waals surface area (Å²) in [4.78, 5) is 15.7. The van der Waals surface area contributed by atoms with Gasteiger partial charge in [-0.25, -0.2) is 14.3 Å². The molecule has 0 aliphatic carbocycles. The van der Waals surface area contributed by atoms with Gasteiger partial charge in [0.05, 0.1) is 12.3 Å². The van der Waals surface area contributed by atoms with Crippen LogP contribution in [-0.4, -0.2) is 27.2 Å². The molecule has 6 heteroatoms. The Hall–Kier alpha value is -1.62. The first kappa shape index (κ1) is 10.9. The van der Waals surface area contributed by atoms with E-state index in [2.05, 4.69) is 10.1 Å². The molecule has 2 aromatic heterocycles. The number of carbonyl (C=O) groups excluding carboxylic acids is 1. The highest BCUT2D eigenvalue weighted by Gasteiger charge is 2.17. The van der Waals surface area contributed by atoms with Crippen molar-refractivity contribution in [3.05, 3.63) is 28.7 Å². The van der Waals surface area contributed by atoms with Gasteiger partial charge in [-0.3, -0.25) is 0 Å². The fraction of sp³-hybridized carbons (Fsp3) is 0.300. The van der Waals surface area contributed by atoms with Crippen LogP contribution in [0.1, 0.15) is 23.1 Å². The molecule has 2 rings (SSSR count). The molecule has 0 saturated heterocycles. The van der Waals surface area contributed by atoms with E-state index in [0.29, 0.717) is 23.1 Å². The van der Waals surface area contributed by atoms with Crippen LogP contribution >= 0.6 is 11.6 Å². The zero-order valence-corrected chi connectivity index (χ0v) is 9.65. The molecule has 0 unspecified atom stereocenters. The van der Waals surface area contributed by atoms with Crippen LogP contribution in [0.15, 0.2) is 12.1 Å². The second-order valence-electron chi connectivity index (χ2n) is 3.19. The summed E-state index contributed by atoms with van der Waals surface area (Å²) in [5, 5.41) is 4.40. The molecule has 2 aromatic rings. The number of carbonyl (C=O) groups is 1. The van der Waals surface area contributed by atoms with E-state index in [9.17, 15) is 4.79 Å². The van der Waals surface area contributed by atoms with Gasteiger partial charge in [-0.1, -0.05) is 11.6 Å². The lowest BCUT2D eigenvalue weighted by atomic mass is 10.3. The van der Waals surface area contributed by atoms with Crippen molar-refractivity contribution in [2.24, 2.45) is 0 Å². The smallest absolute Gasteiger partial charge is 0.358 e. The van der Waals surface area contributed by atoms with Crippen LogP contribution in [0.4, 0.5) is 0 Å². The molecule has 84 valence electrons. The maximum absolute atomic E-state index is 11.6. The number of hydrogen-bond donors (Lipinski definition) is 0. The molecule has 0 N–H and O–H groups in total. The number of imidazole rings is 1. The summed E-state index contributed by atoms with van der Waals surface area (Å²) in [6.07, 6.45) is 0. The average Bonchev–Trinajstić information content (AvgIpc) is 2.57. The van der Waals surface area contributed by atoms with Crippen LogP contribution in [0.3, 0.4) is 0 Å². The van der Waals surface area contributed by atoms with E-state index in [0.717, 1.165) is 0 Å². The Kier molecular flexibility index (Phi) is 2.78. The maximum Gasteiger partial charge on any atom is 0.358 e. The molecule has 0 spiro atoms. The second kappa shape index (κ2) is 4.09. The van der Waals surface area contributed by atoms with E-state index in [1.165, 1.54) is 4.52 Å². The minimum absolute atomic E-state index is 0.275. The van der Waals surface area contributed by atoms with Crippen LogP contribution in [-0.2, 0) is 4.74 Å². The first-order valence-corrected chi connectivity index (χ1v) is 5.20. The number of nitrogens with zero attached hydrogens (tertiary/aromatic N) is 3. The van der Waals surface area contributed by atoms with Crippen molar-refractivity contribution in [2.75, 3.05) is 6.61 Å². The molecule has 0 bridgehead atoms. The average molecular weight is 240 g/mol. The van der Waals surface area contributed by atoms with Gasteiger partial charge < -0.3 is 4.74 Å². The minimum atomic E-state index is -0.443. The van der Waals surface area contributed by atoms with Crippen LogP contribution in [0.5, 0.6) is 0 Å². The Bertz CT molecular complexity index is 550. The summed E-state index contributed by atoms with van der Waals surface area (Å²) < 4.78 is 6.42. The molecule has 0 aliphatic rings. The largest absolute Gasteiger partial charge is 0.461 e. The standard InChI is InChI=1S/C10H10ClN3O2/c1-3-16-10(15)9-6(2)14-8(12-9)5-4-7(11)13-14/h4-5H,3H2,1-2H3. The lowest BCUT2D eigenvalue weighted by molar-refractivity contribution is 0.0519. The predicted molar refractivity (Wildman–Crippen MR) is 58.7 cm³/mol. The third kappa shape index (κ3) is 1.74. The maximum atomic E-state index is 11.6. The Morgan fingerprint density at radius 2 is 2.31 bits per heavy atom. The summed E-state index contributed by atoms with van der Waals surface area (Å²) in [6.45, 7) is 3.81. The van der Waals surface area contributed by atoms with Gasteiger partial charge >= 0.3 is 5.97 Å². The van der Waals surface area contributed by atoms with Crippen LogP contribution in [0.2, 0.25) is 5.15 Å². The molecule has 16 heavy (non-hydrogen) atoms. The third-order valence-corrected chi connectivity index (χ3v) is 2.34. The molecule has 0 aliphatic heterocycles. The number of esters is 1. The van der Waals surface area contributed by atoms with Crippen LogP contribution in [0.25, 0.3) is 5.65 Å². The Morgan fingerprint density at radius 3 is 3.00 bits per heavy atom. The molecule has 0 fully saturated rings. The Balaban J connectivity index is 2.56. The summed E-state index contributed by atoms with van der Waals surface area (Å²) in [5.41, 5.74) is 1.47. The fourth-order valence-electron chi connectivity index (χ4n) is 1.41. The number of ether oxygens (including phenoxy) is 1. The van der Waals surface area contributed by atoms with Crippen molar-refractivity contribution in [1.82, 2.24) is 14.6 Å². The molecule has 0 amide bonds. The highest BCUT2D eigenvalue weighted by Crippen LogP contribution is 2.13. The van der Waals surface area contributed by atoms with Crippen molar-refractivity contribution >= 4 is 23.2 Å². The van der Waals surface area contributed by atoms with Gasteiger partial charge in [0.25, 0.3) is 0 Å². The number of halogens is 1. The molecule has 0 atom stereocenters. The highest BCUT2D eigenvalue weighted by molar-refractivity contribution is 6.29. The molecule has 5 nitrogen and oxygen atoms in total. The van der Waals surface area contributed by atoms with Gasteiger partial charge in [-0.05, 0) is 26.0 Å². The first-order valence-electron chi connectivity index (χ1n) is 4.82. The second-order valence-corrected chi connectivity index (χ2v) is 3.58. The topological polar surface area (TPSA) is 56.5 Å². The Morgan fingerprint density at radius 1 is 1.56 bits per heavy atom. The van der Waals surface area contributed by atoms with E-state index in [-0.39, 0.29) is 5.69 Å². The summed E-state index contributed by atoms with van der Waals surface area (Å²) in [5.74, 6) is -0.443. The zero-order chi connectivity index (χ0) is 11.7. The van der Waals surface area contributed by atoms with Gasteiger partial charge in [-0.2, -0.15) is 5.10 Å². The number of rotatable bonds is 2. The number of aryl methyl sites for hydroxylation is 1. The number of aromatic nitrogens is 3. The summed E-state index contributed by atoms with van der Waals surface area (Å²) >= 11 is 5.76. The van der Waals surface area contributed by atoms with E-state index < -0.39 is 5.97 Å². The van der Waals surface area contributed by atoms with Crippen LogP contribution in [0, 0.1) is 6.92 Å². The van der Waals surface area contributed by atoms with E-state index in [1.54, 1.807) is 26.0 Å². The van der Waals surface area contributed by atoms with Gasteiger partial charge in [0.15, 0.2) is 11.3 Å². The lowest BCUT2D eigenvalue weighted by Gasteiger charge is -1.98. The third-order valence-electron chi connectivity index (χ3n) is 2.14. The van der Waals surface area contributed by atoms with Gasteiger partial charge in [0.1, 0.15) is 5.15 Å². The molecule has 0 saturated carbocycles. The molecule has 0 radical (unpaired) electrons. The summed E-state index contributed by atoms with van der Waals surface area (Å²) in [7, 11) is 0. The monoisotopic (exact) mass is 239 g/mol. The van der Waals surface area contributed by atoms with Crippen molar-refractivity contribution < 1.29 is 9.53 Å². The zero-order valence-electron chi connectivity index (χ0n) is 8.90. The molecule has 0 aromatic carbocycles. The van der Waals surface area contributed by atoms with Crippen molar-refractivity contribution in [2.45, 2.75) is 13.8 Å². The fourth-order valence-corrected chi connectivity index (χ4v) is 1.55. The van der Waals surface area contributed by atoms with Crippen molar-refractivity contribution in [3.63, 3.8) is 0 Å². The van der Waals surface area contributed by atoms with Crippen LogP contribution < -0.4 is 0 Å². The predicted octanol–water partition coefficient (Wildman–Crippen LogP) is 1.87. The number of fused-ring (bicyclic) bond motifs is 1. The molecular formula is C10H10ClN3O2. The van der Waals surface area contributed by atoms with Gasteiger partial charge in [-0.15, -0.1) is 0 Å². The van der Waals surface area contributed by atoms with E-state index >= 15 is 0 Å². The van der Waals surface area contributed by atoms with E-state index in [4.69, 9.17) is 16.3 Å². The van der Waals surface area contributed by atoms with Crippen molar-refractivity contribution in [1.29, 1.82) is 0 Å². The summed E-state index contributed by atoms with van der Waals surface area (Å²) in [6, 6.07) is 3.32. The van der Waals surface area contributed by atoms with Gasteiger partial charge in [0.2, 0.25) is 0 Å². The number of hydrogen-bond acceptors (Lipinski definition) is 4. The molecule has 2 heterocycles.